The summed E-state index contributed by atoms with van der Waals surface area (Å²) in [4.78, 5) is 61.5. The van der Waals surface area contributed by atoms with Crippen molar-refractivity contribution in [1.29, 1.82) is 5.26 Å². The van der Waals surface area contributed by atoms with E-state index >= 15 is 0 Å². The number of aliphatic hydroxyl groups is 1. The Kier molecular flexibility index (Phi) is 17.8. The summed E-state index contributed by atoms with van der Waals surface area (Å²) in [6, 6.07) is 19.4. The van der Waals surface area contributed by atoms with Gasteiger partial charge in [0.15, 0.2) is 5.78 Å². The van der Waals surface area contributed by atoms with E-state index in [1.807, 2.05) is 64.4 Å². The van der Waals surface area contributed by atoms with E-state index in [9.17, 15) is 29.5 Å². The lowest BCUT2D eigenvalue weighted by Crippen LogP contribution is -2.74. The summed E-state index contributed by atoms with van der Waals surface area (Å²) in [6.07, 6.45) is 2.72. The summed E-state index contributed by atoms with van der Waals surface area (Å²) in [5, 5.41) is 29.5. The number of hydrogen-bond donors (Lipinski definition) is 4. The van der Waals surface area contributed by atoms with Crippen LogP contribution in [0.2, 0.25) is 5.02 Å². The Balaban J connectivity index is 0.903. The van der Waals surface area contributed by atoms with Crippen LogP contribution in [0.4, 0.5) is 4.79 Å². The lowest BCUT2D eigenvalue weighted by molar-refractivity contribution is -0.164. The summed E-state index contributed by atoms with van der Waals surface area (Å²) >= 11 is 7.82. The fourth-order valence-corrected chi connectivity index (χ4v) is 11.1. The number of aryl methyl sites for hydroxylation is 1. The summed E-state index contributed by atoms with van der Waals surface area (Å²) in [5.74, 6) is 0.253. The van der Waals surface area contributed by atoms with Crippen molar-refractivity contribution in [2.45, 2.75) is 137 Å². The second-order valence-corrected chi connectivity index (χ2v) is 22.1. The lowest BCUT2D eigenvalue weighted by atomic mass is 9.49. The van der Waals surface area contributed by atoms with Crippen LogP contribution in [0.5, 0.6) is 11.5 Å². The predicted octanol–water partition coefficient (Wildman–Crippen LogP) is 9.61. The van der Waals surface area contributed by atoms with Crippen LogP contribution in [0.25, 0.3) is 10.4 Å². The number of nitriles is 1. The molecule has 14 nitrogen and oxygen atoms in total. The Morgan fingerprint density at radius 2 is 1.63 bits per heavy atom. The smallest absolute Gasteiger partial charge is 0.318 e. The number of nitrogens with one attached hydrogen (secondary N) is 3. The second kappa shape index (κ2) is 23.1. The molecule has 1 aliphatic heterocycles. The van der Waals surface area contributed by atoms with E-state index < -0.39 is 46.4 Å². The molecule has 1 saturated carbocycles. The van der Waals surface area contributed by atoms with E-state index in [1.54, 1.807) is 53.8 Å². The molecule has 2 aliphatic rings. The highest BCUT2D eigenvalue weighted by molar-refractivity contribution is 7.13. The Morgan fingerprint density at radius 1 is 0.957 bits per heavy atom. The van der Waals surface area contributed by atoms with Gasteiger partial charge in [0.2, 0.25) is 5.91 Å². The van der Waals surface area contributed by atoms with Crippen LogP contribution in [-0.4, -0.2) is 95.3 Å². The van der Waals surface area contributed by atoms with Gasteiger partial charge in [-0.15, -0.1) is 11.3 Å². The average Bonchev–Trinajstić information content (AvgIpc) is 3.94. The van der Waals surface area contributed by atoms with E-state index in [-0.39, 0.29) is 49.5 Å². The monoisotopic (exact) mass is 996 g/mol. The van der Waals surface area contributed by atoms with Crippen LogP contribution in [0.15, 0.2) is 72.2 Å². The van der Waals surface area contributed by atoms with Gasteiger partial charge in [0, 0.05) is 48.1 Å². The second-order valence-electron chi connectivity index (χ2n) is 20.8. The number of halogens is 1. The Hall–Kier alpha value is -5.53. The van der Waals surface area contributed by atoms with Crippen LogP contribution >= 0.6 is 22.9 Å². The van der Waals surface area contributed by atoms with Crippen LogP contribution in [0.3, 0.4) is 0 Å². The van der Waals surface area contributed by atoms with E-state index in [0.717, 1.165) is 41.0 Å². The lowest BCUT2D eigenvalue weighted by Gasteiger charge is -2.63. The van der Waals surface area contributed by atoms with Crippen LogP contribution in [0, 0.1) is 34.5 Å². The molecule has 2 heterocycles. The maximum atomic E-state index is 14.2. The molecule has 0 radical (unpaired) electrons. The molecule has 1 aromatic heterocycles. The quantitative estimate of drug-likeness (QED) is 0.0585. The van der Waals surface area contributed by atoms with Gasteiger partial charge < -0.3 is 40.2 Å². The normalized spacial score (nSPS) is 20.1. The van der Waals surface area contributed by atoms with Crippen molar-refractivity contribution in [3.05, 3.63) is 99.6 Å². The number of Topliss-reactive ketones (excluding diaryl/α,β-unsaturated/α-hetero) is 1. The average molecular weight is 998 g/mol. The van der Waals surface area contributed by atoms with Crippen molar-refractivity contribution in [2.24, 2.45) is 16.2 Å². The largest absolute Gasteiger partial charge is 0.494 e. The molecule has 1 aliphatic carbocycles. The molecular formula is C54H69ClN6O8S. The van der Waals surface area contributed by atoms with Gasteiger partial charge in [0.05, 0.1) is 57.5 Å². The fraction of sp³-hybridized carbons (Fsp3) is 0.519. The van der Waals surface area contributed by atoms with Crippen molar-refractivity contribution in [2.75, 3.05) is 26.4 Å². The fourth-order valence-electron chi connectivity index (χ4n) is 10.1. The highest BCUT2D eigenvalue weighted by atomic mass is 35.5. The van der Waals surface area contributed by atoms with Gasteiger partial charge in [0.1, 0.15) is 30.3 Å². The number of carbonyl (C=O) groups excluding carboxylic acids is 4. The topological polar surface area (TPSA) is 192 Å². The number of aromatic nitrogens is 1. The number of amides is 4. The minimum atomic E-state index is -0.929. The third kappa shape index (κ3) is 12.9. The van der Waals surface area contributed by atoms with Gasteiger partial charge in [-0.25, -0.2) is 9.78 Å². The van der Waals surface area contributed by atoms with Gasteiger partial charge in [0.25, 0.3) is 5.91 Å². The SMILES string of the molecule is CCC[C@H](NC(=O)N1C[C@@H](O)CC1C(=O)[C@@H](NC(=O)COCCCCCOc1ccc(C(=O)NC2C(C)(C)C(Oc3ccc(C#N)c(Cl)c3)C2(C)C)cc1)C(C)(C)C)c1ccc(-c2scnc2C)cc1. The molecule has 1 saturated heterocycles. The number of likely N-dealkylation sites (tertiary alicyclic amines) is 1. The highest BCUT2D eigenvalue weighted by Gasteiger charge is 2.64. The van der Waals surface area contributed by atoms with E-state index in [4.69, 9.17) is 25.8 Å². The first-order valence-corrected chi connectivity index (χ1v) is 25.5. The molecule has 0 spiro atoms. The zero-order chi connectivity index (χ0) is 51.0. The number of carbonyl (C=O) groups is 4. The van der Waals surface area contributed by atoms with Crippen molar-refractivity contribution < 1.29 is 38.5 Å². The third-order valence-corrected chi connectivity index (χ3v) is 14.8. The van der Waals surface area contributed by atoms with Gasteiger partial charge in [-0.05, 0) is 85.5 Å². The molecule has 2 fully saturated rings. The number of unbranched alkanes of at least 4 members (excludes halogenated alkanes) is 2. The molecular weight excluding hydrogens is 928 g/mol. The number of rotatable bonds is 21. The van der Waals surface area contributed by atoms with Gasteiger partial charge in [-0.1, -0.05) is 97.7 Å². The summed E-state index contributed by atoms with van der Waals surface area (Å²) in [6.45, 7) is 18.4. The van der Waals surface area contributed by atoms with Crippen LogP contribution in [0.1, 0.15) is 127 Å². The number of aliphatic hydroxyl groups excluding tert-OH is 1. The van der Waals surface area contributed by atoms with Crippen LogP contribution in [-0.2, 0) is 14.3 Å². The molecule has 0 bridgehead atoms. The first-order chi connectivity index (χ1) is 33.1. The van der Waals surface area contributed by atoms with Crippen molar-refractivity contribution in [3.8, 4) is 28.0 Å². The Labute approximate surface area is 421 Å². The van der Waals surface area contributed by atoms with Gasteiger partial charge in [-0.2, -0.15) is 5.26 Å². The van der Waals surface area contributed by atoms with Crippen molar-refractivity contribution >= 4 is 46.6 Å². The number of urea groups is 1. The number of thiazole rings is 1. The van der Waals surface area contributed by atoms with Crippen LogP contribution < -0.4 is 25.4 Å². The van der Waals surface area contributed by atoms with Gasteiger partial charge in [-0.3, -0.25) is 14.4 Å². The zero-order valence-electron chi connectivity index (χ0n) is 41.9. The highest BCUT2D eigenvalue weighted by Crippen LogP contribution is 2.55. The predicted molar refractivity (Wildman–Crippen MR) is 272 cm³/mol. The first-order valence-electron chi connectivity index (χ1n) is 24.2. The third-order valence-electron chi connectivity index (χ3n) is 13.5. The maximum absolute atomic E-state index is 14.2. The number of hydrogen-bond acceptors (Lipinski definition) is 11. The molecule has 376 valence electrons. The molecule has 1 unspecified atom stereocenters. The molecule has 4 amide bonds. The Morgan fingerprint density at radius 3 is 2.24 bits per heavy atom. The molecule has 16 heteroatoms. The van der Waals surface area contributed by atoms with E-state index in [0.29, 0.717) is 53.7 Å². The summed E-state index contributed by atoms with van der Waals surface area (Å²) < 4.78 is 18.0. The van der Waals surface area contributed by atoms with E-state index in [2.05, 4.69) is 54.7 Å². The molecule has 6 rings (SSSR count). The van der Waals surface area contributed by atoms with E-state index in [1.165, 1.54) is 4.90 Å². The maximum Gasteiger partial charge on any atom is 0.318 e. The standard InChI is InChI=1S/C54H69ClN6O8S/c1-10-14-42(34-15-17-35(18-16-34)46-33(2)57-32-70-46)58-51(66)61-30-38(62)27-43(61)45(64)47(52(3,4)5)59-44(63)31-67-25-12-11-13-26-68-39-22-19-36(20-23-39)48(65)60-49-53(6,7)50(54(49,8)9)69-40-24-21-37(29-56)41(55)28-40/h15-24,28,32,38,42-43,47,49-50,62H,10-14,25-27,30-31H2,1-9H3,(H,58,66)(H,59,63)(H,60,65)/t38-,42-,43?,47+,49?,50?/m0/s1. The molecule has 4 atom stereocenters. The molecule has 4 aromatic rings. The molecule has 3 aromatic carbocycles. The Bertz CT molecular complexity index is 2480. The van der Waals surface area contributed by atoms with Gasteiger partial charge >= 0.3 is 6.03 Å². The number of nitrogens with zero attached hydrogens (tertiary/aromatic N) is 3. The molecule has 70 heavy (non-hydrogen) atoms. The van der Waals surface area contributed by atoms with Crippen molar-refractivity contribution in [3.63, 3.8) is 0 Å². The first kappa shape index (κ1) is 53.8. The minimum absolute atomic E-state index is 0.00580. The molecule has 4 N–H and O–H groups in total. The minimum Gasteiger partial charge on any atom is -0.494 e. The number of ketones is 1. The zero-order valence-corrected chi connectivity index (χ0v) is 43.5. The summed E-state index contributed by atoms with van der Waals surface area (Å²) in [5.41, 5.74) is 4.22. The van der Waals surface area contributed by atoms with Crippen molar-refractivity contribution in [1.82, 2.24) is 25.8 Å². The summed E-state index contributed by atoms with van der Waals surface area (Å²) in [7, 11) is 0. The number of β-amino-alcohol motifs (C(OH)–C–C–N with tert-alkyl or cyclic N) is 1. The number of benzene rings is 3. The number of ether oxygens (including phenoxy) is 3.